The molecule has 0 aliphatic carbocycles. The van der Waals surface area contributed by atoms with E-state index in [9.17, 15) is 0 Å². The van der Waals surface area contributed by atoms with Crippen molar-refractivity contribution in [1.82, 2.24) is 14.9 Å². The van der Waals surface area contributed by atoms with Crippen molar-refractivity contribution in [3.63, 3.8) is 0 Å². The Balaban J connectivity index is 1.68. The molecule has 1 aromatic heterocycles. The van der Waals surface area contributed by atoms with Gasteiger partial charge in [-0.1, -0.05) is 0 Å². The van der Waals surface area contributed by atoms with E-state index in [1.165, 1.54) is 32.5 Å². The molecule has 80 valence electrons. The zero-order chi connectivity index (χ0) is 10.1. The molecular formula is C11H16N4. The minimum atomic E-state index is 0.620. The van der Waals surface area contributed by atoms with Crippen LogP contribution in [0.5, 0.6) is 0 Å². The molecular weight excluding hydrogens is 188 g/mol. The maximum absolute atomic E-state index is 4.03. The molecule has 3 unspecified atom stereocenters. The summed E-state index contributed by atoms with van der Waals surface area (Å²) in [5, 5.41) is 3.56. The van der Waals surface area contributed by atoms with Gasteiger partial charge in [-0.15, -0.1) is 0 Å². The van der Waals surface area contributed by atoms with Crippen LogP contribution >= 0.6 is 0 Å². The van der Waals surface area contributed by atoms with Gasteiger partial charge in [-0.05, 0) is 25.3 Å². The number of nitrogens with zero attached hydrogens (tertiary/aromatic N) is 3. The number of piperidine rings is 1. The summed E-state index contributed by atoms with van der Waals surface area (Å²) in [6, 6.07) is 0.620. The fourth-order valence-corrected chi connectivity index (χ4v) is 2.73. The van der Waals surface area contributed by atoms with Crippen molar-refractivity contribution >= 4 is 5.69 Å². The molecule has 1 aromatic rings. The Morgan fingerprint density at radius 1 is 1.20 bits per heavy atom. The summed E-state index contributed by atoms with van der Waals surface area (Å²) in [6.07, 6.45) is 7.87. The molecule has 2 aliphatic heterocycles. The number of nitrogens with one attached hydrogen (secondary N) is 1. The van der Waals surface area contributed by atoms with Gasteiger partial charge in [-0.3, -0.25) is 0 Å². The number of aromatic nitrogens is 2. The molecule has 15 heavy (non-hydrogen) atoms. The Morgan fingerprint density at radius 3 is 2.87 bits per heavy atom. The van der Waals surface area contributed by atoms with E-state index in [1.54, 1.807) is 6.33 Å². The van der Waals surface area contributed by atoms with Crippen molar-refractivity contribution in [2.24, 2.45) is 5.92 Å². The molecule has 2 fully saturated rings. The molecule has 0 saturated carbocycles. The van der Waals surface area contributed by atoms with Gasteiger partial charge in [-0.2, -0.15) is 0 Å². The standard InChI is InChI=1S/C11H16N4/c1-3-15-4-2-11(9(1)7-15)14-10-5-12-8-13-6-10/h5-6,8-9,11,14H,1-4,7H2. The van der Waals surface area contributed by atoms with E-state index in [4.69, 9.17) is 0 Å². The summed E-state index contributed by atoms with van der Waals surface area (Å²) in [4.78, 5) is 10.6. The molecule has 1 N–H and O–H groups in total. The summed E-state index contributed by atoms with van der Waals surface area (Å²) in [5.74, 6) is 0.818. The highest BCUT2D eigenvalue weighted by Gasteiger charge is 2.33. The van der Waals surface area contributed by atoms with E-state index in [1.807, 2.05) is 12.4 Å². The van der Waals surface area contributed by atoms with Crippen LogP contribution in [0.1, 0.15) is 12.8 Å². The van der Waals surface area contributed by atoms with Gasteiger partial charge in [0.25, 0.3) is 0 Å². The maximum atomic E-state index is 4.03. The molecule has 3 heterocycles. The Bertz CT molecular complexity index is 327. The molecule has 3 atom stereocenters. The van der Waals surface area contributed by atoms with Crippen molar-refractivity contribution in [2.75, 3.05) is 25.0 Å². The highest BCUT2D eigenvalue weighted by Crippen LogP contribution is 2.28. The molecule has 2 bridgehead atoms. The van der Waals surface area contributed by atoms with Crippen molar-refractivity contribution in [3.8, 4) is 0 Å². The Hall–Kier alpha value is -1.16. The first-order valence-corrected chi connectivity index (χ1v) is 5.66. The van der Waals surface area contributed by atoms with E-state index in [-0.39, 0.29) is 0 Å². The van der Waals surface area contributed by atoms with Crippen LogP contribution in [0, 0.1) is 5.92 Å². The van der Waals surface area contributed by atoms with Gasteiger partial charge in [-0.25, -0.2) is 9.97 Å². The smallest absolute Gasteiger partial charge is 0.115 e. The summed E-state index contributed by atoms with van der Waals surface area (Å²) >= 11 is 0. The number of anilines is 1. The maximum Gasteiger partial charge on any atom is 0.115 e. The Morgan fingerprint density at radius 2 is 2.00 bits per heavy atom. The van der Waals surface area contributed by atoms with Crippen LogP contribution in [0.4, 0.5) is 5.69 Å². The Kier molecular flexibility index (Phi) is 2.29. The van der Waals surface area contributed by atoms with Crippen LogP contribution in [-0.2, 0) is 0 Å². The molecule has 0 spiro atoms. The molecule has 2 saturated heterocycles. The highest BCUT2D eigenvalue weighted by atomic mass is 15.2. The van der Waals surface area contributed by atoms with E-state index >= 15 is 0 Å². The minimum absolute atomic E-state index is 0.620. The fraction of sp³-hybridized carbons (Fsp3) is 0.636. The Labute approximate surface area is 89.7 Å². The fourth-order valence-electron chi connectivity index (χ4n) is 2.73. The topological polar surface area (TPSA) is 41.1 Å². The van der Waals surface area contributed by atoms with Gasteiger partial charge < -0.3 is 10.2 Å². The zero-order valence-corrected chi connectivity index (χ0v) is 8.76. The van der Waals surface area contributed by atoms with E-state index in [0.717, 1.165) is 11.6 Å². The second-order valence-corrected chi connectivity index (χ2v) is 4.52. The molecule has 4 nitrogen and oxygen atoms in total. The van der Waals surface area contributed by atoms with Gasteiger partial charge in [0.2, 0.25) is 0 Å². The number of hydrogen-bond donors (Lipinski definition) is 1. The van der Waals surface area contributed by atoms with Crippen LogP contribution in [0.25, 0.3) is 0 Å². The lowest BCUT2D eigenvalue weighted by atomic mass is 9.94. The van der Waals surface area contributed by atoms with Gasteiger partial charge in [0.15, 0.2) is 0 Å². The normalized spacial score (nSPS) is 34.0. The van der Waals surface area contributed by atoms with Crippen LogP contribution in [0.15, 0.2) is 18.7 Å². The first-order valence-electron chi connectivity index (χ1n) is 5.66. The molecule has 0 radical (unpaired) electrons. The number of hydrogen-bond acceptors (Lipinski definition) is 4. The number of rotatable bonds is 2. The first-order chi connectivity index (χ1) is 7.42. The minimum Gasteiger partial charge on any atom is -0.379 e. The van der Waals surface area contributed by atoms with E-state index in [0.29, 0.717) is 6.04 Å². The third-order valence-corrected chi connectivity index (χ3v) is 3.55. The lowest BCUT2D eigenvalue weighted by Gasteiger charge is -2.31. The van der Waals surface area contributed by atoms with Crippen LogP contribution in [0.2, 0.25) is 0 Å². The lowest BCUT2D eigenvalue weighted by molar-refractivity contribution is 0.255. The third-order valence-electron chi connectivity index (χ3n) is 3.55. The summed E-state index contributed by atoms with van der Waals surface area (Å²) in [5.41, 5.74) is 1.06. The van der Waals surface area contributed by atoms with Crippen LogP contribution in [-0.4, -0.2) is 40.5 Å². The molecule has 2 aliphatic rings. The SMILES string of the molecule is c1ncc(NC2CCN3CCC2C3)cn1. The first kappa shape index (κ1) is 9.09. The van der Waals surface area contributed by atoms with Crippen LogP contribution in [0.3, 0.4) is 0 Å². The predicted molar refractivity (Wildman–Crippen MR) is 58.6 cm³/mol. The highest BCUT2D eigenvalue weighted by molar-refractivity contribution is 5.38. The van der Waals surface area contributed by atoms with Crippen molar-refractivity contribution in [2.45, 2.75) is 18.9 Å². The summed E-state index contributed by atoms with van der Waals surface area (Å²) in [6.45, 7) is 3.79. The molecule has 0 amide bonds. The van der Waals surface area contributed by atoms with E-state index in [2.05, 4.69) is 20.2 Å². The van der Waals surface area contributed by atoms with Crippen molar-refractivity contribution in [3.05, 3.63) is 18.7 Å². The third kappa shape index (κ3) is 1.81. The van der Waals surface area contributed by atoms with Crippen LogP contribution < -0.4 is 5.32 Å². The van der Waals surface area contributed by atoms with E-state index < -0.39 is 0 Å². The average molecular weight is 204 g/mol. The van der Waals surface area contributed by atoms with Crippen molar-refractivity contribution < 1.29 is 0 Å². The largest absolute Gasteiger partial charge is 0.379 e. The second kappa shape index (κ2) is 3.77. The van der Waals surface area contributed by atoms with Gasteiger partial charge in [0, 0.05) is 19.1 Å². The molecule has 4 heteroatoms. The van der Waals surface area contributed by atoms with Crippen molar-refractivity contribution in [1.29, 1.82) is 0 Å². The van der Waals surface area contributed by atoms with Gasteiger partial charge in [0.1, 0.15) is 6.33 Å². The zero-order valence-electron chi connectivity index (χ0n) is 8.76. The lowest BCUT2D eigenvalue weighted by Crippen LogP contribution is -2.39. The summed E-state index contributed by atoms with van der Waals surface area (Å²) in [7, 11) is 0. The van der Waals surface area contributed by atoms with Gasteiger partial charge in [0.05, 0.1) is 18.1 Å². The monoisotopic (exact) mass is 204 g/mol. The average Bonchev–Trinajstić information content (AvgIpc) is 2.67. The molecule has 0 aromatic carbocycles. The second-order valence-electron chi connectivity index (χ2n) is 4.52. The number of fused-ring (bicyclic) bond motifs is 2. The van der Waals surface area contributed by atoms with Gasteiger partial charge >= 0.3 is 0 Å². The quantitative estimate of drug-likeness (QED) is 0.779. The predicted octanol–water partition coefficient (Wildman–Crippen LogP) is 0.983. The summed E-state index contributed by atoms with van der Waals surface area (Å²) < 4.78 is 0. The molecule has 3 rings (SSSR count).